The lowest BCUT2D eigenvalue weighted by molar-refractivity contribution is 0.327. The zero-order valence-corrected chi connectivity index (χ0v) is 10.2. The van der Waals surface area contributed by atoms with Crippen LogP contribution in [-0.2, 0) is 10.0 Å². The fraction of sp³-hybridized carbons (Fsp3) is 0.500. The molecule has 0 radical (unpaired) electrons. The highest BCUT2D eigenvalue weighted by molar-refractivity contribution is 7.91. The van der Waals surface area contributed by atoms with E-state index in [1.54, 1.807) is 6.07 Å². The Morgan fingerprint density at radius 3 is 2.60 bits per heavy atom. The van der Waals surface area contributed by atoms with E-state index in [0.717, 1.165) is 11.3 Å². The van der Waals surface area contributed by atoms with Crippen LogP contribution < -0.4 is 10.5 Å². The highest BCUT2D eigenvalue weighted by atomic mass is 35.5. The molecule has 1 aromatic rings. The first-order valence-corrected chi connectivity index (χ1v) is 7.18. The first-order valence-electron chi connectivity index (χ1n) is 4.50. The Bertz CT molecular complexity index is 451. The Morgan fingerprint density at radius 2 is 2.13 bits per heavy atom. The lowest BCUT2D eigenvalue weighted by atomic mass is 9.89. The maximum absolute atomic E-state index is 11.8. The van der Waals surface area contributed by atoms with Crippen molar-refractivity contribution >= 4 is 33.0 Å². The Balaban J connectivity index is 2.07. The van der Waals surface area contributed by atoms with Crippen LogP contribution in [-0.4, -0.2) is 20.5 Å². The second-order valence-electron chi connectivity index (χ2n) is 3.61. The molecule has 4 nitrogen and oxygen atoms in total. The molecule has 1 aromatic heterocycles. The quantitative estimate of drug-likeness (QED) is 0.863. The van der Waals surface area contributed by atoms with E-state index >= 15 is 0 Å². The number of hydrogen-bond donors (Lipinski definition) is 2. The monoisotopic (exact) mass is 266 g/mol. The minimum atomic E-state index is -3.39. The van der Waals surface area contributed by atoms with Gasteiger partial charge in [-0.05, 0) is 25.0 Å². The molecule has 0 spiro atoms. The molecule has 0 bridgehead atoms. The Morgan fingerprint density at radius 1 is 1.47 bits per heavy atom. The van der Waals surface area contributed by atoms with Crippen LogP contribution in [0.1, 0.15) is 12.8 Å². The molecule has 84 valence electrons. The van der Waals surface area contributed by atoms with Crippen molar-refractivity contribution < 1.29 is 8.42 Å². The van der Waals surface area contributed by atoms with Gasteiger partial charge in [0.05, 0.1) is 4.34 Å². The summed E-state index contributed by atoms with van der Waals surface area (Å²) >= 11 is 6.74. The fourth-order valence-electron chi connectivity index (χ4n) is 1.48. The summed E-state index contributed by atoms with van der Waals surface area (Å²) in [6, 6.07) is 3.19. The van der Waals surface area contributed by atoms with E-state index in [0.29, 0.717) is 17.2 Å². The zero-order valence-electron chi connectivity index (χ0n) is 7.81. The van der Waals surface area contributed by atoms with Gasteiger partial charge in [-0.15, -0.1) is 11.3 Å². The third-order valence-electron chi connectivity index (χ3n) is 2.31. The molecule has 1 heterocycles. The van der Waals surface area contributed by atoms with Crippen LogP contribution in [0.3, 0.4) is 0 Å². The summed E-state index contributed by atoms with van der Waals surface area (Å²) in [7, 11) is -3.39. The normalized spacial score (nSPS) is 26.3. The van der Waals surface area contributed by atoms with Crippen molar-refractivity contribution in [3.63, 3.8) is 0 Å². The van der Waals surface area contributed by atoms with Gasteiger partial charge in [-0.3, -0.25) is 0 Å². The summed E-state index contributed by atoms with van der Waals surface area (Å²) in [6.45, 7) is 0. The minimum Gasteiger partial charge on any atom is -0.328 e. The summed E-state index contributed by atoms with van der Waals surface area (Å²) in [6.07, 6.45) is 1.41. The number of hydrogen-bond acceptors (Lipinski definition) is 4. The van der Waals surface area contributed by atoms with Gasteiger partial charge in [0.25, 0.3) is 0 Å². The summed E-state index contributed by atoms with van der Waals surface area (Å²) in [5, 5.41) is 0. The van der Waals surface area contributed by atoms with Crippen LogP contribution >= 0.6 is 22.9 Å². The molecule has 2 rings (SSSR count). The van der Waals surface area contributed by atoms with Gasteiger partial charge in [0.15, 0.2) is 0 Å². The molecule has 15 heavy (non-hydrogen) atoms. The van der Waals surface area contributed by atoms with Gasteiger partial charge in [0.1, 0.15) is 4.21 Å². The predicted molar refractivity (Wildman–Crippen MR) is 60.6 cm³/mol. The topological polar surface area (TPSA) is 72.2 Å². The maximum atomic E-state index is 11.8. The lowest BCUT2D eigenvalue weighted by Crippen LogP contribution is -2.50. The lowest BCUT2D eigenvalue weighted by Gasteiger charge is -2.32. The number of sulfonamides is 1. The molecule has 0 saturated heterocycles. The van der Waals surface area contributed by atoms with Crippen molar-refractivity contribution in [1.29, 1.82) is 0 Å². The van der Waals surface area contributed by atoms with Crippen molar-refractivity contribution in [2.75, 3.05) is 0 Å². The molecule has 0 aliphatic heterocycles. The fourth-order valence-corrected chi connectivity index (χ4v) is 4.24. The molecular formula is C8H11ClN2O2S2. The van der Waals surface area contributed by atoms with Gasteiger partial charge in [0.2, 0.25) is 10.0 Å². The number of rotatable bonds is 3. The summed E-state index contributed by atoms with van der Waals surface area (Å²) in [4.78, 5) is 0. The maximum Gasteiger partial charge on any atom is 0.250 e. The molecule has 1 aliphatic carbocycles. The van der Waals surface area contributed by atoms with Crippen molar-refractivity contribution in [3.05, 3.63) is 16.5 Å². The molecule has 0 aromatic carbocycles. The SMILES string of the molecule is NC1CC(NS(=O)(=O)c2ccc(Cl)s2)C1. The van der Waals surface area contributed by atoms with Gasteiger partial charge >= 0.3 is 0 Å². The molecule has 0 atom stereocenters. The summed E-state index contributed by atoms with van der Waals surface area (Å²) in [5.41, 5.74) is 5.58. The van der Waals surface area contributed by atoms with E-state index in [4.69, 9.17) is 17.3 Å². The van der Waals surface area contributed by atoms with Crippen LogP contribution in [0.4, 0.5) is 0 Å². The van der Waals surface area contributed by atoms with Gasteiger partial charge in [-0.25, -0.2) is 13.1 Å². The van der Waals surface area contributed by atoms with E-state index in [2.05, 4.69) is 4.72 Å². The zero-order chi connectivity index (χ0) is 11.1. The van der Waals surface area contributed by atoms with Crippen LogP contribution in [0, 0.1) is 0 Å². The van der Waals surface area contributed by atoms with E-state index in [1.807, 2.05) is 0 Å². The average molecular weight is 267 g/mol. The smallest absolute Gasteiger partial charge is 0.250 e. The van der Waals surface area contributed by atoms with E-state index < -0.39 is 10.0 Å². The van der Waals surface area contributed by atoms with E-state index in [9.17, 15) is 8.42 Å². The van der Waals surface area contributed by atoms with E-state index in [1.165, 1.54) is 6.07 Å². The number of thiophene rings is 1. The van der Waals surface area contributed by atoms with Crippen molar-refractivity contribution in [1.82, 2.24) is 4.72 Å². The Hall–Kier alpha value is -0.140. The standard InChI is InChI=1S/C8H11ClN2O2S2/c9-7-1-2-8(14-7)15(12,13)11-6-3-5(10)4-6/h1-2,5-6,11H,3-4,10H2. The molecular weight excluding hydrogens is 256 g/mol. The van der Waals surface area contributed by atoms with Crippen molar-refractivity contribution in [2.45, 2.75) is 29.1 Å². The minimum absolute atomic E-state index is 0.0223. The van der Waals surface area contributed by atoms with Crippen LogP contribution in [0.2, 0.25) is 4.34 Å². The molecule has 0 unspecified atom stereocenters. The van der Waals surface area contributed by atoms with Crippen molar-refractivity contribution in [3.8, 4) is 0 Å². The average Bonchev–Trinajstić information content (AvgIpc) is 2.49. The second kappa shape index (κ2) is 4.03. The van der Waals surface area contributed by atoms with Crippen molar-refractivity contribution in [2.24, 2.45) is 5.73 Å². The third-order valence-corrected chi connectivity index (χ3v) is 5.55. The van der Waals surface area contributed by atoms with Crippen LogP contribution in [0.5, 0.6) is 0 Å². The number of nitrogens with two attached hydrogens (primary N) is 1. The Labute approximate surface area is 97.5 Å². The highest BCUT2D eigenvalue weighted by Crippen LogP contribution is 2.27. The summed E-state index contributed by atoms with van der Waals surface area (Å²) < 4.78 is 26.8. The number of halogens is 1. The molecule has 1 fully saturated rings. The van der Waals surface area contributed by atoms with Crippen LogP contribution in [0.25, 0.3) is 0 Å². The number of nitrogens with one attached hydrogen (secondary N) is 1. The van der Waals surface area contributed by atoms with E-state index in [-0.39, 0.29) is 16.3 Å². The molecule has 1 aliphatic rings. The van der Waals surface area contributed by atoms with Crippen LogP contribution in [0.15, 0.2) is 16.3 Å². The predicted octanol–water partition coefficient (Wildman–Crippen LogP) is 1.17. The summed E-state index contributed by atoms with van der Waals surface area (Å²) in [5.74, 6) is 0. The molecule has 3 N–H and O–H groups in total. The second-order valence-corrected chi connectivity index (χ2v) is 7.26. The molecule has 0 amide bonds. The van der Waals surface area contributed by atoms with Gasteiger partial charge in [-0.2, -0.15) is 0 Å². The van der Waals surface area contributed by atoms with Gasteiger partial charge in [0, 0.05) is 12.1 Å². The first kappa shape index (κ1) is 11.3. The highest BCUT2D eigenvalue weighted by Gasteiger charge is 2.30. The van der Waals surface area contributed by atoms with Gasteiger partial charge < -0.3 is 5.73 Å². The largest absolute Gasteiger partial charge is 0.328 e. The molecule has 7 heteroatoms. The van der Waals surface area contributed by atoms with Gasteiger partial charge in [-0.1, -0.05) is 11.6 Å². The molecule has 1 saturated carbocycles. The Kier molecular flexibility index (Phi) is 3.05. The first-order chi connectivity index (χ1) is 6.97. The third kappa shape index (κ3) is 2.51.